The van der Waals surface area contributed by atoms with Gasteiger partial charge in [-0.1, -0.05) is 73.5 Å². The van der Waals surface area contributed by atoms with Crippen LogP contribution in [0, 0.1) is 0 Å². The molecule has 0 radical (unpaired) electrons. The van der Waals surface area contributed by atoms with Crippen LogP contribution in [-0.4, -0.2) is 33.4 Å². The number of carbonyl (C=O) groups excluding carboxylic acids is 3. The molecule has 164 valence electrons. The minimum atomic E-state index is -1.07. The number of Topliss-reactive ketones (excluding diaryl/α,β-unsaturated/α-hetero) is 1. The van der Waals surface area contributed by atoms with E-state index in [-0.39, 0.29) is 12.5 Å². The first-order valence-corrected chi connectivity index (χ1v) is 10.9. The molecule has 7 nitrogen and oxygen atoms in total. The average Bonchev–Trinajstić information content (AvgIpc) is 3.49. The lowest BCUT2D eigenvalue weighted by Gasteiger charge is -2.16. The van der Waals surface area contributed by atoms with E-state index in [0.717, 1.165) is 36.8 Å². The second kappa shape index (κ2) is 9.60. The van der Waals surface area contributed by atoms with Crippen molar-refractivity contribution in [3.63, 3.8) is 0 Å². The van der Waals surface area contributed by atoms with E-state index >= 15 is 0 Å². The number of ketones is 1. The smallest absolute Gasteiger partial charge is 0.287 e. The molecule has 1 aliphatic carbocycles. The number of carbonyl (C=O) groups is 3. The lowest BCUT2D eigenvalue weighted by atomic mass is 10.0. The van der Waals surface area contributed by atoms with Crippen LogP contribution in [0.15, 0.2) is 66.9 Å². The van der Waals surface area contributed by atoms with Crippen LogP contribution < -0.4 is 11.1 Å². The molecule has 3 N–H and O–H groups in total. The summed E-state index contributed by atoms with van der Waals surface area (Å²) in [5.74, 6) is -2.36. The first-order valence-electron chi connectivity index (χ1n) is 10.9. The zero-order chi connectivity index (χ0) is 22.5. The molecule has 4 rings (SSSR count). The number of hydrogen-bond donors (Lipinski definition) is 2. The zero-order valence-electron chi connectivity index (χ0n) is 17.7. The average molecular weight is 431 g/mol. The van der Waals surface area contributed by atoms with Crippen molar-refractivity contribution in [1.82, 2.24) is 15.1 Å². The molecule has 1 saturated carbocycles. The van der Waals surface area contributed by atoms with Crippen molar-refractivity contribution >= 4 is 17.6 Å². The molecule has 3 aromatic rings. The molecule has 0 aliphatic heterocycles. The molecule has 0 spiro atoms. The number of amides is 2. The van der Waals surface area contributed by atoms with Gasteiger partial charge in [-0.3, -0.25) is 19.1 Å². The lowest BCUT2D eigenvalue weighted by molar-refractivity contribution is -0.137. The van der Waals surface area contributed by atoms with Crippen molar-refractivity contribution in [3.8, 4) is 11.3 Å². The van der Waals surface area contributed by atoms with E-state index in [4.69, 9.17) is 10.8 Å². The highest BCUT2D eigenvalue weighted by atomic mass is 16.2. The highest BCUT2D eigenvalue weighted by molar-refractivity contribution is 6.38. The van der Waals surface area contributed by atoms with Crippen LogP contribution >= 0.6 is 0 Å². The number of nitrogens with two attached hydrogens (primary N) is 1. The van der Waals surface area contributed by atoms with Gasteiger partial charge in [-0.25, -0.2) is 0 Å². The molecule has 0 bridgehead atoms. The first-order chi connectivity index (χ1) is 15.5. The van der Waals surface area contributed by atoms with Gasteiger partial charge in [-0.2, -0.15) is 5.10 Å². The van der Waals surface area contributed by atoms with Gasteiger partial charge >= 0.3 is 0 Å². The SMILES string of the molecule is NC(=O)C(=O)C(Cc1ccccc1)NC(=O)c1cn(C2CCCC2)nc1-c1ccccc1. The molecule has 1 atom stereocenters. The molecule has 1 aromatic heterocycles. The summed E-state index contributed by atoms with van der Waals surface area (Å²) >= 11 is 0. The molecular weight excluding hydrogens is 404 g/mol. The third-order valence-electron chi connectivity index (χ3n) is 5.87. The van der Waals surface area contributed by atoms with Crippen LogP contribution in [0.5, 0.6) is 0 Å². The number of nitrogens with zero attached hydrogens (tertiary/aromatic N) is 2. The third kappa shape index (κ3) is 4.77. The summed E-state index contributed by atoms with van der Waals surface area (Å²) in [4.78, 5) is 37.4. The molecule has 2 aromatic carbocycles. The maximum Gasteiger partial charge on any atom is 0.287 e. The van der Waals surface area contributed by atoms with Crippen molar-refractivity contribution in [3.05, 3.63) is 78.0 Å². The van der Waals surface area contributed by atoms with Crippen molar-refractivity contribution in [2.24, 2.45) is 5.73 Å². The largest absolute Gasteiger partial charge is 0.363 e. The van der Waals surface area contributed by atoms with Gasteiger partial charge in [0.1, 0.15) is 11.7 Å². The van der Waals surface area contributed by atoms with E-state index in [1.165, 1.54) is 0 Å². The lowest BCUT2D eigenvalue weighted by Crippen LogP contribution is -2.47. The standard InChI is InChI=1S/C25H26N4O3/c26-24(31)23(30)21(15-17-9-3-1-4-10-17)27-25(32)20-16-29(19-13-7-8-14-19)28-22(20)18-11-5-2-6-12-18/h1-6,9-12,16,19,21H,7-8,13-15H2,(H2,26,31)(H,27,32). The van der Waals surface area contributed by atoms with Gasteiger partial charge < -0.3 is 11.1 Å². The van der Waals surface area contributed by atoms with Gasteiger partial charge in [0.05, 0.1) is 11.6 Å². The second-order valence-electron chi connectivity index (χ2n) is 8.12. The molecule has 32 heavy (non-hydrogen) atoms. The summed E-state index contributed by atoms with van der Waals surface area (Å²) in [7, 11) is 0. The van der Waals surface area contributed by atoms with Crippen LogP contribution in [0.2, 0.25) is 0 Å². The summed E-state index contributed by atoms with van der Waals surface area (Å²) in [5, 5.41) is 7.47. The molecule has 7 heteroatoms. The van der Waals surface area contributed by atoms with Gasteiger partial charge in [0.25, 0.3) is 11.8 Å². The maximum absolute atomic E-state index is 13.3. The summed E-state index contributed by atoms with van der Waals surface area (Å²) in [6.45, 7) is 0. The van der Waals surface area contributed by atoms with Crippen LogP contribution in [0.1, 0.15) is 47.6 Å². The summed E-state index contributed by atoms with van der Waals surface area (Å²) in [6.07, 6.45) is 6.24. The summed E-state index contributed by atoms with van der Waals surface area (Å²) in [5.41, 5.74) is 7.82. The maximum atomic E-state index is 13.3. The topological polar surface area (TPSA) is 107 Å². The van der Waals surface area contributed by atoms with E-state index in [1.807, 2.05) is 65.3 Å². The normalized spacial score (nSPS) is 14.8. The van der Waals surface area contributed by atoms with Crippen molar-refractivity contribution in [2.45, 2.75) is 44.2 Å². The van der Waals surface area contributed by atoms with Crippen LogP contribution in [-0.2, 0) is 16.0 Å². The number of nitrogens with one attached hydrogen (secondary N) is 1. The predicted molar refractivity (Wildman–Crippen MR) is 121 cm³/mol. The quantitative estimate of drug-likeness (QED) is 0.536. The Morgan fingerprint density at radius 3 is 2.25 bits per heavy atom. The minimum Gasteiger partial charge on any atom is -0.363 e. The third-order valence-corrected chi connectivity index (χ3v) is 5.87. The Bertz CT molecular complexity index is 1100. The Labute approximate surface area is 186 Å². The van der Waals surface area contributed by atoms with Crippen molar-refractivity contribution in [1.29, 1.82) is 0 Å². The van der Waals surface area contributed by atoms with E-state index in [1.54, 1.807) is 6.20 Å². The minimum absolute atomic E-state index is 0.172. The van der Waals surface area contributed by atoms with Crippen LogP contribution in [0.3, 0.4) is 0 Å². The van der Waals surface area contributed by atoms with E-state index in [0.29, 0.717) is 11.3 Å². The molecule has 0 saturated heterocycles. The van der Waals surface area contributed by atoms with E-state index in [9.17, 15) is 14.4 Å². The van der Waals surface area contributed by atoms with Gasteiger partial charge in [0.2, 0.25) is 5.78 Å². The number of benzene rings is 2. The highest BCUT2D eigenvalue weighted by Crippen LogP contribution is 2.31. The summed E-state index contributed by atoms with van der Waals surface area (Å²) in [6, 6.07) is 17.9. The highest BCUT2D eigenvalue weighted by Gasteiger charge is 2.29. The zero-order valence-corrected chi connectivity index (χ0v) is 17.7. The van der Waals surface area contributed by atoms with Gasteiger partial charge in [0.15, 0.2) is 0 Å². The fraction of sp³-hybridized carbons (Fsp3) is 0.280. The Morgan fingerprint density at radius 2 is 1.62 bits per heavy atom. The Kier molecular flexibility index (Phi) is 6.44. The molecule has 1 heterocycles. The van der Waals surface area contributed by atoms with E-state index in [2.05, 4.69) is 5.32 Å². The predicted octanol–water partition coefficient (Wildman–Crippen LogP) is 3.06. The van der Waals surface area contributed by atoms with E-state index < -0.39 is 23.6 Å². The number of primary amides is 1. The number of rotatable bonds is 8. The fourth-order valence-corrected chi connectivity index (χ4v) is 4.19. The van der Waals surface area contributed by atoms with Crippen molar-refractivity contribution in [2.75, 3.05) is 0 Å². The molecular formula is C25H26N4O3. The molecule has 2 amide bonds. The van der Waals surface area contributed by atoms with Gasteiger partial charge in [-0.15, -0.1) is 0 Å². The first kappa shape index (κ1) is 21.5. The Balaban J connectivity index is 1.65. The van der Waals surface area contributed by atoms with Gasteiger partial charge in [0, 0.05) is 18.2 Å². The molecule has 1 unspecified atom stereocenters. The monoisotopic (exact) mass is 430 g/mol. The van der Waals surface area contributed by atoms with Gasteiger partial charge in [-0.05, 0) is 18.4 Å². The Morgan fingerprint density at radius 1 is 1.00 bits per heavy atom. The number of hydrogen-bond acceptors (Lipinski definition) is 4. The molecule has 1 fully saturated rings. The van der Waals surface area contributed by atoms with Crippen LogP contribution in [0.25, 0.3) is 11.3 Å². The van der Waals surface area contributed by atoms with Crippen LogP contribution in [0.4, 0.5) is 0 Å². The molecule has 1 aliphatic rings. The second-order valence-corrected chi connectivity index (χ2v) is 8.12. The van der Waals surface area contributed by atoms with Crippen molar-refractivity contribution < 1.29 is 14.4 Å². The summed E-state index contributed by atoms with van der Waals surface area (Å²) < 4.78 is 1.87. The fourth-order valence-electron chi connectivity index (χ4n) is 4.19. The Hall–Kier alpha value is -3.74. The number of aromatic nitrogens is 2.